The van der Waals surface area contributed by atoms with E-state index >= 15 is 0 Å². The topological polar surface area (TPSA) is 45.2 Å². The molecule has 2 aromatic rings. The third-order valence-corrected chi connectivity index (χ3v) is 3.44. The molecular formula is C13H14FN3OS. The SMILES string of the molecule is CNc1nccc(C(=O)N(C)Cc2ccsc2)c1F. The Morgan fingerprint density at radius 3 is 2.95 bits per heavy atom. The van der Waals surface area contributed by atoms with Crippen LogP contribution >= 0.6 is 11.3 Å². The normalized spacial score (nSPS) is 10.3. The number of hydrogen-bond acceptors (Lipinski definition) is 4. The number of amides is 1. The van der Waals surface area contributed by atoms with Crippen LogP contribution in [0.4, 0.5) is 10.2 Å². The smallest absolute Gasteiger partial charge is 0.257 e. The molecule has 19 heavy (non-hydrogen) atoms. The van der Waals surface area contributed by atoms with Gasteiger partial charge in [0, 0.05) is 26.8 Å². The molecule has 0 bridgehead atoms. The fraction of sp³-hybridized carbons (Fsp3) is 0.231. The molecule has 1 N–H and O–H groups in total. The quantitative estimate of drug-likeness (QED) is 0.935. The number of rotatable bonds is 4. The lowest BCUT2D eigenvalue weighted by molar-refractivity contribution is 0.0780. The van der Waals surface area contributed by atoms with Crippen molar-refractivity contribution in [2.24, 2.45) is 0 Å². The van der Waals surface area contributed by atoms with Crippen LogP contribution in [0.5, 0.6) is 0 Å². The average molecular weight is 279 g/mol. The van der Waals surface area contributed by atoms with Gasteiger partial charge in [-0.2, -0.15) is 11.3 Å². The summed E-state index contributed by atoms with van der Waals surface area (Å²) in [5, 5.41) is 6.53. The second kappa shape index (κ2) is 5.79. The Balaban J connectivity index is 2.19. The van der Waals surface area contributed by atoms with E-state index in [0.29, 0.717) is 6.54 Å². The largest absolute Gasteiger partial charge is 0.371 e. The van der Waals surface area contributed by atoms with Crippen LogP contribution in [0.15, 0.2) is 29.1 Å². The molecule has 2 heterocycles. The molecule has 0 aromatic carbocycles. The van der Waals surface area contributed by atoms with Gasteiger partial charge in [-0.25, -0.2) is 9.37 Å². The first kappa shape index (κ1) is 13.5. The molecule has 2 rings (SSSR count). The van der Waals surface area contributed by atoms with Gasteiger partial charge in [0.15, 0.2) is 11.6 Å². The Hall–Kier alpha value is -1.95. The van der Waals surface area contributed by atoms with Gasteiger partial charge in [0.25, 0.3) is 5.91 Å². The van der Waals surface area contributed by atoms with Gasteiger partial charge < -0.3 is 10.2 Å². The highest BCUT2D eigenvalue weighted by atomic mass is 32.1. The van der Waals surface area contributed by atoms with Gasteiger partial charge in [-0.3, -0.25) is 4.79 Å². The van der Waals surface area contributed by atoms with Crippen LogP contribution in [0.1, 0.15) is 15.9 Å². The number of pyridine rings is 1. The van der Waals surface area contributed by atoms with Crippen molar-refractivity contribution >= 4 is 23.1 Å². The van der Waals surface area contributed by atoms with Crippen molar-refractivity contribution < 1.29 is 9.18 Å². The maximum Gasteiger partial charge on any atom is 0.257 e. The summed E-state index contributed by atoms with van der Waals surface area (Å²) < 4.78 is 14.0. The Morgan fingerprint density at radius 1 is 1.53 bits per heavy atom. The van der Waals surface area contributed by atoms with Gasteiger partial charge in [-0.15, -0.1) is 0 Å². The van der Waals surface area contributed by atoms with E-state index in [1.54, 1.807) is 25.4 Å². The zero-order chi connectivity index (χ0) is 13.8. The highest BCUT2D eigenvalue weighted by molar-refractivity contribution is 7.07. The predicted octanol–water partition coefficient (Wildman–Crippen LogP) is 2.60. The van der Waals surface area contributed by atoms with E-state index in [9.17, 15) is 9.18 Å². The van der Waals surface area contributed by atoms with Gasteiger partial charge in [0.1, 0.15) is 0 Å². The third-order valence-electron chi connectivity index (χ3n) is 2.70. The van der Waals surface area contributed by atoms with E-state index < -0.39 is 5.82 Å². The number of nitrogens with zero attached hydrogens (tertiary/aromatic N) is 2. The van der Waals surface area contributed by atoms with Crippen LogP contribution in [0.2, 0.25) is 0 Å². The lowest BCUT2D eigenvalue weighted by Crippen LogP contribution is -2.27. The van der Waals surface area contributed by atoms with E-state index in [0.717, 1.165) is 5.56 Å². The van der Waals surface area contributed by atoms with Crippen LogP contribution in [-0.4, -0.2) is 29.9 Å². The van der Waals surface area contributed by atoms with Crippen molar-refractivity contribution in [1.29, 1.82) is 0 Å². The van der Waals surface area contributed by atoms with Crippen LogP contribution in [-0.2, 0) is 6.54 Å². The number of anilines is 1. The number of hydrogen-bond donors (Lipinski definition) is 1. The standard InChI is InChI=1S/C13H14FN3OS/c1-15-12-11(14)10(3-5-16-12)13(18)17(2)7-9-4-6-19-8-9/h3-6,8H,7H2,1-2H3,(H,15,16). The first-order valence-electron chi connectivity index (χ1n) is 5.72. The summed E-state index contributed by atoms with van der Waals surface area (Å²) in [6.45, 7) is 0.457. The number of carbonyl (C=O) groups excluding carboxylic acids is 1. The lowest BCUT2D eigenvalue weighted by atomic mass is 10.2. The van der Waals surface area contributed by atoms with Crippen molar-refractivity contribution in [3.8, 4) is 0 Å². The lowest BCUT2D eigenvalue weighted by Gasteiger charge is -2.17. The molecule has 0 atom stereocenters. The minimum absolute atomic E-state index is 0.0251. The predicted molar refractivity (Wildman–Crippen MR) is 73.9 cm³/mol. The van der Waals surface area contributed by atoms with Crippen LogP contribution < -0.4 is 5.32 Å². The summed E-state index contributed by atoms with van der Waals surface area (Å²) in [6.07, 6.45) is 1.42. The summed E-state index contributed by atoms with van der Waals surface area (Å²) in [5.74, 6) is -0.899. The molecule has 100 valence electrons. The van der Waals surface area contributed by atoms with Crippen molar-refractivity contribution in [3.05, 3.63) is 46.0 Å². The highest BCUT2D eigenvalue weighted by Crippen LogP contribution is 2.17. The monoisotopic (exact) mass is 279 g/mol. The second-order valence-electron chi connectivity index (χ2n) is 4.06. The molecule has 4 nitrogen and oxygen atoms in total. The Bertz CT molecular complexity index is 571. The molecule has 0 fully saturated rings. The Labute approximate surface area is 114 Å². The molecule has 0 aliphatic carbocycles. The Kier molecular flexibility index (Phi) is 4.11. The van der Waals surface area contributed by atoms with Crippen molar-refractivity contribution in [2.45, 2.75) is 6.54 Å². The van der Waals surface area contributed by atoms with E-state index in [4.69, 9.17) is 0 Å². The number of carbonyl (C=O) groups is 1. The molecule has 0 radical (unpaired) electrons. The summed E-state index contributed by atoms with van der Waals surface area (Å²) in [6, 6.07) is 3.33. The summed E-state index contributed by atoms with van der Waals surface area (Å²) in [5.41, 5.74) is 1.06. The first-order valence-corrected chi connectivity index (χ1v) is 6.66. The van der Waals surface area contributed by atoms with Gasteiger partial charge in [-0.05, 0) is 28.5 Å². The fourth-order valence-corrected chi connectivity index (χ4v) is 2.38. The summed E-state index contributed by atoms with van der Waals surface area (Å²) >= 11 is 1.57. The molecule has 0 aliphatic rings. The maximum absolute atomic E-state index is 14.0. The molecule has 0 spiro atoms. The minimum Gasteiger partial charge on any atom is -0.371 e. The summed E-state index contributed by atoms with van der Waals surface area (Å²) in [4.78, 5) is 17.5. The van der Waals surface area contributed by atoms with Crippen LogP contribution in [0.25, 0.3) is 0 Å². The number of aromatic nitrogens is 1. The van der Waals surface area contributed by atoms with Gasteiger partial charge >= 0.3 is 0 Å². The Morgan fingerprint density at radius 2 is 2.32 bits per heavy atom. The molecule has 1 amide bonds. The van der Waals surface area contributed by atoms with Crippen LogP contribution in [0, 0.1) is 5.82 Å². The minimum atomic E-state index is -0.618. The molecule has 0 aliphatic heterocycles. The van der Waals surface area contributed by atoms with E-state index in [1.807, 2.05) is 16.8 Å². The fourth-order valence-electron chi connectivity index (χ4n) is 1.72. The molecule has 0 unspecified atom stereocenters. The molecular weight excluding hydrogens is 265 g/mol. The van der Waals surface area contributed by atoms with Gasteiger partial charge in [0.2, 0.25) is 0 Å². The highest BCUT2D eigenvalue weighted by Gasteiger charge is 2.19. The van der Waals surface area contributed by atoms with E-state index in [1.165, 1.54) is 17.2 Å². The van der Waals surface area contributed by atoms with E-state index in [2.05, 4.69) is 10.3 Å². The van der Waals surface area contributed by atoms with Crippen molar-refractivity contribution in [2.75, 3.05) is 19.4 Å². The molecule has 6 heteroatoms. The number of nitrogens with one attached hydrogen (secondary N) is 1. The second-order valence-corrected chi connectivity index (χ2v) is 4.84. The average Bonchev–Trinajstić information content (AvgIpc) is 2.91. The van der Waals surface area contributed by atoms with Crippen molar-refractivity contribution in [1.82, 2.24) is 9.88 Å². The molecule has 0 saturated heterocycles. The number of thiophene rings is 1. The van der Waals surface area contributed by atoms with Gasteiger partial charge in [-0.1, -0.05) is 0 Å². The van der Waals surface area contributed by atoms with Gasteiger partial charge in [0.05, 0.1) is 5.56 Å². The molecule has 0 saturated carbocycles. The molecule has 2 aromatic heterocycles. The van der Waals surface area contributed by atoms with Crippen molar-refractivity contribution in [3.63, 3.8) is 0 Å². The number of halogens is 1. The zero-order valence-corrected chi connectivity index (χ0v) is 11.5. The maximum atomic E-state index is 14.0. The van der Waals surface area contributed by atoms with Crippen LogP contribution in [0.3, 0.4) is 0 Å². The summed E-state index contributed by atoms with van der Waals surface area (Å²) in [7, 11) is 3.22. The van der Waals surface area contributed by atoms with E-state index in [-0.39, 0.29) is 17.3 Å². The zero-order valence-electron chi connectivity index (χ0n) is 10.7. The first-order chi connectivity index (χ1) is 9.13. The third kappa shape index (κ3) is 2.90.